The Labute approximate surface area is 187 Å². The molecule has 11 heteroatoms. The monoisotopic (exact) mass is 485 g/mol. The molecule has 0 saturated carbocycles. The molecule has 1 aromatic heterocycles. The second-order valence-electron chi connectivity index (χ2n) is 7.52. The molecule has 2 N–H and O–H groups in total. The third-order valence-corrected chi connectivity index (χ3v) is 9.89. The van der Waals surface area contributed by atoms with Crippen LogP contribution < -0.4 is 10.0 Å². The minimum Gasteiger partial charge on any atom is -0.325 e. The van der Waals surface area contributed by atoms with Gasteiger partial charge >= 0.3 is 0 Å². The molecule has 1 aliphatic rings. The van der Waals surface area contributed by atoms with Crippen LogP contribution in [0.25, 0.3) is 0 Å². The summed E-state index contributed by atoms with van der Waals surface area (Å²) in [6, 6.07) is 8.27. The van der Waals surface area contributed by atoms with E-state index in [1.165, 1.54) is 4.31 Å². The van der Waals surface area contributed by atoms with Crippen LogP contribution in [0.4, 0.5) is 11.4 Å². The summed E-state index contributed by atoms with van der Waals surface area (Å²) in [6.45, 7) is 4.02. The second kappa shape index (κ2) is 9.68. The SMILES string of the molecule is CCCS(=O)(=O)Nc1cccc(NC(=O)C2CCCN(S(=O)(=O)c3cccs3)C2)c1C. The maximum atomic E-state index is 12.9. The lowest BCUT2D eigenvalue weighted by Crippen LogP contribution is -2.43. The van der Waals surface area contributed by atoms with E-state index in [-0.39, 0.29) is 22.4 Å². The molecule has 31 heavy (non-hydrogen) atoms. The van der Waals surface area contributed by atoms with Gasteiger partial charge in [0.05, 0.1) is 17.4 Å². The van der Waals surface area contributed by atoms with Crippen LogP contribution >= 0.6 is 11.3 Å². The van der Waals surface area contributed by atoms with Gasteiger partial charge in [-0.15, -0.1) is 11.3 Å². The largest absolute Gasteiger partial charge is 0.325 e. The van der Waals surface area contributed by atoms with Crippen molar-refractivity contribution in [3.63, 3.8) is 0 Å². The van der Waals surface area contributed by atoms with Crippen molar-refractivity contribution in [2.45, 2.75) is 37.3 Å². The second-order valence-corrected chi connectivity index (χ2v) is 12.5. The molecular formula is C20H27N3O5S3. The number of hydrogen-bond donors (Lipinski definition) is 2. The lowest BCUT2D eigenvalue weighted by Gasteiger charge is -2.31. The summed E-state index contributed by atoms with van der Waals surface area (Å²) in [5.41, 5.74) is 1.52. The molecule has 0 radical (unpaired) electrons. The number of sulfonamides is 2. The average Bonchev–Trinajstić information content (AvgIpc) is 3.26. The number of nitrogens with one attached hydrogen (secondary N) is 2. The summed E-state index contributed by atoms with van der Waals surface area (Å²) >= 11 is 1.16. The van der Waals surface area contributed by atoms with Gasteiger partial charge in [0.15, 0.2) is 0 Å². The fourth-order valence-electron chi connectivity index (χ4n) is 3.52. The molecule has 1 amide bonds. The Morgan fingerprint density at radius 3 is 2.58 bits per heavy atom. The van der Waals surface area contributed by atoms with Crippen molar-refractivity contribution < 1.29 is 21.6 Å². The number of amides is 1. The molecule has 1 aliphatic heterocycles. The highest BCUT2D eigenvalue weighted by Gasteiger charge is 2.34. The van der Waals surface area contributed by atoms with Crippen molar-refractivity contribution >= 4 is 48.7 Å². The van der Waals surface area contributed by atoms with Crippen molar-refractivity contribution in [2.75, 3.05) is 28.9 Å². The first kappa shape index (κ1) is 23.7. The van der Waals surface area contributed by atoms with Crippen molar-refractivity contribution in [2.24, 2.45) is 5.92 Å². The smallest absolute Gasteiger partial charge is 0.252 e. The summed E-state index contributed by atoms with van der Waals surface area (Å²) in [7, 11) is -7.06. The Morgan fingerprint density at radius 1 is 1.16 bits per heavy atom. The predicted molar refractivity (Wildman–Crippen MR) is 123 cm³/mol. The van der Waals surface area contributed by atoms with Gasteiger partial charge in [0.25, 0.3) is 10.0 Å². The van der Waals surface area contributed by atoms with Gasteiger partial charge in [0.2, 0.25) is 15.9 Å². The van der Waals surface area contributed by atoms with Crippen LogP contribution in [0.2, 0.25) is 0 Å². The zero-order valence-corrected chi connectivity index (χ0v) is 19.9. The maximum absolute atomic E-state index is 12.9. The van der Waals surface area contributed by atoms with Crippen molar-refractivity contribution in [3.05, 3.63) is 41.3 Å². The Hall–Kier alpha value is -1.95. The van der Waals surface area contributed by atoms with Gasteiger partial charge in [0.1, 0.15) is 4.21 Å². The number of thiophene rings is 1. The number of anilines is 2. The first-order valence-corrected chi connectivity index (χ1v) is 14.1. The van der Waals surface area contributed by atoms with E-state index in [1.807, 2.05) is 0 Å². The first-order chi connectivity index (χ1) is 14.6. The lowest BCUT2D eigenvalue weighted by molar-refractivity contribution is -0.120. The molecular weight excluding hydrogens is 458 g/mol. The Balaban J connectivity index is 1.72. The Kier molecular flexibility index (Phi) is 7.40. The lowest BCUT2D eigenvalue weighted by atomic mass is 9.98. The van der Waals surface area contributed by atoms with Crippen LogP contribution in [0.5, 0.6) is 0 Å². The van der Waals surface area contributed by atoms with Crippen LogP contribution in [-0.4, -0.2) is 45.9 Å². The molecule has 1 fully saturated rings. The van der Waals surface area contributed by atoms with E-state index < -0.39 is 26.0 Å². The van der Waals surface area contributed by atoms with Crippen molar-refractivity contribution in [3.8, 4) is 0 Å². The third kappa shape index (κ3) is 5.65. The number of carbonyl (C=O) groups excluding carboxylic acids is 1. The highest BCUT2D eigenvalue weighted by atomic mass is 32.2. The van der Waals surface area contributed by atoms with Crippen LogP contribution in [0.15, 0.2) is 39.9 Å². The molecule has 0 bridgehead atoms. The highest BCUT2D eigenvalue weighted by molar-refractivity contribution is 7.92. The molecule has 1 atom stereocenters. The molecule has 1 unspecified atom stereocenters. The zero-order chi connectivity index (χ0) is 22.6. The van der Waals surface area contributed by atoms with Crippen LogP contribution in [0, 0.1) is 12.8 Å². The molecule has 3 rings (SSSR count). The number of hydrogen-bond acceptors (Lipinski definition) is 6. The van der Waals surface area contributed by atoms with Gasteiger partial charge < -0.3 is 5.32 Å². The van der Waals surface area contributed by atoms with E-state index >= 15 is 0 Å². The fourth-order valence-corrected chi connectivity index (χ4v) is 7.38. The fraction of sp³-hybridized carbons (Fsp3) is 0.450. The number of carbonyl (C=O) groups is 1. The molecule has 170 valence electrons. The van der Waals surface area contributed by atoms with E-state index in [2.05, 4.69) is 10.0 Å². The van der Waals surface area contributed by atoms with Gasteiger partial charge in [-0.25, -0.2) is 16.8 Å². The molecule has 1 saturated heterocycles. The number of rotatable bonds is 8. The maximum Gasteiger partial charge on any atom is 0.252 e. The zero-order valence-electron chi connectivity index (χ0n) is 17.5. The first-order valence-electron chi connectivity index (χ1n) is 10.1. The third-order valence-electron chi connectivity index (χ3n) is 5.17. The summed E-state index contributed by atoms with van der Waals surface area (Å²) in [4.78, 5) is 12.9. The number of nitrogens with zero attached hydrogens (tertiary/aromatic N) is 1. The van der Waals surface area contributed by atoms with Crippen molar-refractivity contribution in [1.82, 2.24) is 4.31 Å². The van der Waals surface area contributed by atoms with Gasteiger partial charge in [-0.05, 0) is 55.3 Å². The minimum absolute atomic E-state index is 0.0135. The molecule has 1 aromatic carbocycles. The molecule has 8 nitrogen and oxygen atoms in total. The minimum atomic E-state index is -3.60. The van der Waals surface area contributed by atoms with E-state index in [0.717, 1.165) is 11.3 Å². The molecule has 0 aliphatic carbocycles. The van der Waals surface area contributed by atoms with Gasteiger partial charge in [-0.1, -0.05) is 19.1 Å². The quantitative estimate of drug-likeness (QED) is 0.596. The van der Waals surface area contributed by atoms with E-state index in [0.29, 0.717) is 42.7 Å². The topological polar surface area (TPSA) is 113 Å². The number of benzene rings is 1. The van der Waals surface area contributed by atoms with Gasteiger partial charge in [-0.3, -0.25) is 9.52 Å². The van der Waals surface area contributed by atoms with Crippen LogP contribution in [-0.2, 0) is 24.8 Å². The Bertz CT molecular complexity index is 1130. The van der Waals surface area contributed by atoms with E-state index in [1.54, 1.807) is 49.6 Å². The van der Waals surface area contributed by atoms with Gasteiger partial charge in [-0.2, -0.15) is 4.31 Å². The highest BCUT2D eigenvalue weighted by Crippen LogP contribution is 2.29. The van der Waals surface area contributed by atoms with Crippen LogP contribution in [0.1, 0.15) is 31.7 Å². The van der Waals surface area contributed by atoms with Crippen LogP contribution in [0.3, 0.4) is 0 Å². The van der Waals surface area contributed by atoms with Crippen molar-refractivity contribution in [1.29, 1.82) is 0 Å². The predicted octanol–water partition coefficient (Wildman–Crippen LogP) is 3.25. The normalized spacial score (nSPS) is 17.9. The number of piperidine rings is 1. The average molecular weight is 486 g/mol. The summed E-state index contributed by atoms with van der Waals surface area (Å²) in [6.07, 6.45) is 1.68. The summed E-state index contributed by atoms with van der Waals surface area (Å²) < 4.78 is 54.0. The molecule has 2 aromatic rings. The molecule has 2 heterocycles. The summed E-state index contributed by atoms with van der Waals surface area (Å²) in [5, 5.41) is 4.57. The van der Waals surface area contributed by atoms with E-state index in [4.69, 9.17) is 0 Å². The van der Waals surface area contributed by atoms with Gasteiger partial charge in [0, 0.05) is 18.8 Å². The molecule has 0 spiro atoms. The Morgan fingerprint density at radius 2 is 1.90 bits per heavy atom. The standard InChI is InChI=1S/C20H27N3O5S3/c1-3-13-30(25,26)22-18-9-4-8-17(15(18)2)21-20(24)16-7-5-11-23(14-16)31(27,28)19-10-6-12-29-19/h4,6,8-10,12,16,22H,3,5,7,11,13-14H2,1-2H3,(H,21,24). The summed E-state index contributed by atoms with van der Waals surface area (Å²) in [5.74, 6) is -0.745. The van der Waals surface area contributed by atoms with E-state index in [9.17, 15) is 21.6 Å².